The van der Waals surface area contributed by atoms with Gasteiger partial charge in [-0.3, -0.25) is 19.3 Å². The Balaban J connectivity index is 1.27. The quantitative estimate of drug-likeness (QED) is 0.530. The lowest BCUT2D eigenvalue weighted by molar-refractivity contribution is -0.140. The van der Waals surface area contributed by atoms with E-state index in [1.807, 2.05) is 48.6 Å². The molecule has 3 aromatic rings. The summed E-state index contributed by atoms with van der Waals surface area (Å²) in [7, 11) is 0. The number of hydrogen-bond acceptors (Lipinski definition) is 5. The summed E-state index contributed by atoms with van der Waals surface area (Å²) in [5, 5.41) is 5.49. The molecule has 2 atom stereocenters. The summed E-state index contributed by atoms with van der Waals surface area (Å²) in [6.45, 7) is 0.115. The van der Waals surface area contributed by atoms with Crippen molar-refractivity contribution in [2.75, 3.05) is 11.9 Å². The monoisotopic (exact) mass is 405 g/mol. The molecule has 0 unspecified atom stereocenters. The molecular formula is C22H19N3O3S. The van der Waals surface area contributed by atoms with Crippen molar-refractivity contribution in [1.29, 1.82) is 0 Å². The van der Waals surface area contributed by atoms with Crippen LogP contribution in [0.15, 0.2) is 48.6 Å². The van der Waals surface area contributed by atoms with Crippen LogP contribution in [-0.4, -0.2) is 34.2 Å². The topological polar surface area (TPSA) is 79.4 Å². The van der Waals surface area contributed by atoms with Crippen molar-refractivity contribution < 1.29 is 14.4 Å². The van der Waals surface area contributed by atoms with Crippen LogP contribution in [0.3, 0.4) is 0 Å². The number of imide groups is 1. The summed E-state index contributed by atoms with van der Waals surface area (Å²) < 4.78 is 1.00. The van der Waals surface area contributed by atoms with Gasteiger partial charge in [0.25, 0.3) is 0 Å². The molecule has 6 nitrogen and oxygen atoms in total. The normalized spacial score (nSPS) is 21.2. The van der Waals surface area contributed by atoms with E-state index >= 15 is 0 Å². The number of carbonyl (C=O) groups excluding carboxylic acids is 3. The molecule has 146 valence electrons. The standard InChI is InChI=1S/C22H19N3O3S/c26-18(11-12-25-20(27)15-7-3-4-8-16(15)21(25)28)23-22-24-19-14-6-2-1-5-13(14)9-10-17(19)29-22/h1-6,9-10,15-16H,7-8,11-12H2,(H,23,24,26)/t15-,16+. The number of amides is 3. The number of aromatic nitrogens is 1. The van der Waals surface area contributed by atoms with E-state index < -0.39 is 0 Å². The zero-order valence-electron chi connectivity index (χ0n) is 15.6. The van der Waals surface area contributed by atoms with E-state index in [4.69, 9.17) is 0 Å². The summed E-state index contributed by atoms with van der Waals surface area (Å²) in [6.07, 6.45) is 5.20. The maximum absolute atomic E-state index is 12.5. The molecule has 0 spiro atoms. The summed E-state index contributed by atoms with van der Waals surface area (Å²) in [6, 6.07) is 12.0. The fourth-order valence-electron chi connectivity index (χ4n) is 4.20. The number of fused-ring (bicyclic) bond motifs is 4. The second kappa shape index (κ2) is 7.08. The third-order valence-corrected chi connectivity index (χ3v) is 6.63. The van der Waals surface area contributed by atoms with Gasteiger partial charge in [0.05, 0.1) is 22.1 Å². The molecule has 29 heavy (non-hydrogen) atoms. The molecule has 0 saturated carbocycles. The van der Waals surface area contributed by atoms with Gasteiger partial charge in [0, 0.05) is 18.4 Å². The molecule has 1 aliphatic carbocycles. The Kier molecular flexibility index (Phi) is 4.39. The van der Waals surface area contributed by atoms with Crippen LogP contribution in [0.2, 0.25) is 0 Å². The minimum absolute atomic E-state index is 0.0705. The first kappa shape index (κ1) is 18.0. The van der Waals surface area contributed by atoms with Crippen molar-refractivity contribution in [3.05, 3.63) is 48.6 Å². The highest BCUT2D eigenvalue weighted by molar-refractivity contribution is 7.22. The number of hydrogen-bond donors (Lipinski definition) is 1. The van der Waals surface area contributed by atoms with Crippen LogP contribution in [0, 0.1) is 11.8 Å². The van der Waals surface area contributed by atoms with Gasteiger partial charge < -0.3 is 5.32 Å². The molecule has 5 rings (SSSR count). The van der Waals surface area contributed by atoms with E-state index in [9.17, 15) is 14.4 Å². The number of likely N-dealkylation sites (tertiary alicyclic amines) is 1. The van der Waals surface area contributed by atoms with E-state index in [-0.39, 0.29) is 42.5 Å². The highest BCUT2D eigenvalue weighted by atomic mass is 32.1. The Morgan fingerprint density at radius 2 is 1.79 bits per heavy atom. The number of benzene rings is 2. The number of thiazole rings is 1. The molecule has 2 heterocycles. The molecule has 2 aromatic carbocycles. The third kappa shape index (κ3) is 3.11. The van der Waals surface area contributed by atoms with Gasteiger partial charge in [-0.25, -0.2) is 4.98 Å². The number of nitrogens with zero attached hydrogens (tertiary/aromatic N) is 2. The Morgan fingerprint density at radius 3 is 2.55 bits per heavy atom. The van der Waals surface area contributed by atoms with Gasteiger partial charge in [0.2, 0.25) is 17.7 Å². The van der Waals surface area contributed by atoms with Crippen molar-refractivity contribution in [1.82, 2.24) is 9.88 Å². The van der Waals surface area contributed by atoms with Gasteiger partial charge in [-0.1, -0.05) is 53.8 Å². The molecule has 3 amide bonds. The van der Waals surface area contributed by atoms with Gasteiger partial charge in [0.15, 0.2) is 5.13 Å². The Bertz CT molecular complexity index is 1160. The van der Waals surface area contributed by atoms with Gasteiger partial charge in [-0.05, 0) is 24.3 Å². The van der Waals surface area contributed by atoms with Crippen molar-refractivity contribution in [3.8, 4) is 0 Å². The van der Waals surface area contributed by atoms with Gasteiger partial charge in [0.1, 0.15) is 0 Å². The van der Waals surface area contributed by atoms with Crippen LogP contribution >= 0.6 is 11.3 Å². The zero-order valence-corrected chi connectivity index (χ0v) is 16.4. The van der Waals surface area contributed by atoms with Crippen molar-refractivity contribution in [2.45, 2.75) is 19.3 Å². The van der Waals surface area contributed by atoms with Crippen LogP contribution in [0.25, 0.3) is 21.0 Å². The molecule has 1 saturated heterocycles. The number of nitrogens with one attached hydrogen (secondary N) is 1. The van der Waals surface area contributed by atoms with Crippen molar-refractivity contribution in [3.63, 3.8) is 0 Å². The third-order valence-electron chi connectivity index (χ3n) is 5.69. The van der Waals surface area contributed by atoms with Gasteiger partial charge in [-0.15, -0.1) is 0 Å². The second-order valence-corrected chi connectivity index (χ2v) is 8.47. The summed E-state index contributed by atoms with van der Waals surface area (Å²) in [5.41, 5.74) is 0.866. The highest BCUT2D eigenvalue weighted by Crippen LogP contribution is 2.35. The molecule has 1 aliphatic heterocycles. The van der Waals surface area contributed by atoms with Gasteiger partial charge in [-0.2, -0.15) is 0 Å². The van der Waals surface area contributed by atoms with Crippen molar-refractivity contribution >= 4 is 55.2 Å². The van der Waals surface area contributed by atoms with Crippen LogP contribution in [0.4, 0.5) is 5.13 Å². The molecule has 1 fully saturated rings. The lowest BCUT2D eigenvalue weighted by atomic mass is 9.85. The van der Waals surface area contributed by atoms with Crippen LogP contribution in [0.1, 0.15) is 19.3 Å². The first-order valence-electron chi connectivity index (χ1n) is 9.70. The average molecular weight is 405 g/mol. The Morgan fingerprint density at radius 1 is 1.07 bits per heavy atom. The molecular weight excluding hydrogens is 386 g/mol. The van der Waals surface area contributed by atoms with E-state index in [1.165, 1.54) is 16.2 Å². The average Bonchev–Trinajstić information content (AvgIpc) is 3.26. The molecule has 1 N–H and O–H groups in total. The summed E-state index contributed by atoms with van der Waals surface area (Å²) in [4.78, 5) is 43.3. The van der Waals surface area contributed by atoms with E-state index in [2.05, 4.69) is 10.3 Å². The molecule has 0 bridgehead atoms. The number of allylic oxidation sites excluding steroid dienone is 2. The highest BCUT2D eigenvalue weighted by Gasteiger charge is 2.46. The number of rotatable bonds is 4. The van der Waals surface area contributed by atoms with Gasteiger partial charge >= 0.3 is 0 Å². The summed E-state index contributed by atoms with van der Waals surface area (Å²) in [5.74, 6) is -1.06. The zero-order chi connectivity index (χ0) is 20.0. The largest absolute Gasteiger partial charge is 0.302 e. The number of anilines is 1. The summed E-state index contributed by atoms with van der Waals surface area (Å²) >= 11 is 1.42. The van der Waals surface area contributed by atoms with E-state index in [1.54, 1.807) is 0 Å². The Labute approximate surface area is 171 Å². The van der Waals surface area contributed by atoms with Crippen LogP contribution in [-0.2, 0) is 14.4 Å². The fraction of sp³-hybridized carbons (Fsp3) is 0.273. The van der Waals surface area contributed by atoms with Crippen LogP contribution < -0.4 is 5.32 Å². The van der Waals surface area contributed by atoms with Crippen LogP contribution in [0.5, 0.6) is 0 Å². The fourth-order valence-corrected chi connectivity index (χ4v) is 5.10. The lowest BCUT2D eigenvalue weighted by Crippen LogP contribution is -2.34. The Hall–Kier alpha value is -3.06. The van der Waals surface area contributed by atoms with E-state index in [0.29, 0.717) is 18.0 Å². The first-order valence-corrected chi connectivity index (χ1v) is 10.5. The molecule has 2 aliphatic rings. The maximum Gasteiger partial charge on any atom is 0.233 e. The minimum Gasteiger partial charge on any atom is -0.302 e. The van der Waals surface area contributed by atoms with E-state index in [0.717, 1.165) is 21.0 Å². The number of carbonyl (C=O) groups is 3. The van der Waals surface area contributed by atoms with Crippen molar-refractivity contribution in [2.24, 2.45) is 11.8 Å². The lowest BCUT2D eigenvalue weighted by Gasteiger charge is -2.14. The smallest absolute Gasteiger partial charge is 0.233 e. The SMILES string of the molecule is O=C(CCN1C(=O)[C@H]2CC=CC[C@H]2C1=O)Nc1nc2c(ccc3ccccc32)s1. The molecule has 1 aromatic heterocycles. The first-order chi connectivity index (χ1) is 14.1. The predicted molar refractivity (Wildman–Crippen MR) is 112 cm³/mol. The second-order valence-electron chi connectivity index (χ2n) is 7.43. The maximum atomic E-state index is 12.5. The predicted octanol–water partition coefficient (Wildman–Crippen LogP) is 3.73. The molecule has 7 heteroatoms. The molecule has 0 radical (unpaired) electrons. The minimum atomic E-state index is -0.256.